The van der Waals surface area contributed by atoms with Crippen molar-refractivity contribution in [3.8, 4) is 0 Å². The number of hydrogen-bond donors (Lipinski definition) is 2. The second-order valence-corrected chi connectivity index (χ2v) is 6.96. The lowest BCUT2D eigenvalue weighted by molar-refractivity contribution is -0.133. The van der Waals surface area contributed by atoms with Crippen molar-refractivity contribution in [3.63, 3.8) is 0 Å². The number of nitrogens with zero attached hydrogens (tertiary/aromatic N) is 3. The Balaban J connectivity index is 2.32. The molecule has 0 aliphatic carbocycles. The van der Waals surface area contributed by atoms with Crippen molar-refractivity contribution in [2.75, 3.05) is 40.8 Å². The molecule has 1 saturated heterocycles. The first kappa shape index (κ1) is 19.7. The van der Waals surface area contributed by atoms with E-state index in [0.29, 0.717) is 12.0 Å². The second kappa shape index (κ2) is 9.75. The summed E-state index contributed by atoms with van der Waals surface area (Å²) in [6, 6.07) is 0.463. The Morgan fingerprint density at radius 3 is 2.61 bits per heavy atom. The number of hydrogen-bond acceptors (Lipinski definition) is 3. The molecule has 6 heteroatoms. The Morgan fingerprint density at radius 1 is 1.35 bits per heavy atom. The van der Waals surface area contributed by atoms with E-state index < -0.39 is 0 Å². The SMILES string of the molecule is CN=C(NCCCN1CCCC1C(=O)N(C)C)NC(C)C(C)C. The second-order valence-electron chi connectivity index (χ2n) is 6.96. The Hall–Kier alpha value is -1.30. The number of amides is 1. The first-order valence-electron chi connectivity index (χ1n) is 8.79. The molecule has 134 valence electrons. The molecule has 2 unspecified atom stereocenters. The summed E-state index contributed by atoms with van der Waals surface area (Å²) in [4.78, 5) is 20.5. The van der Waals surface area contributed by atoms with Gasteiger partial charge in [-0.25, -0.2) is 0 Å². The van der Waals surface area contributed by atoms with Crippen molar-refractivity contribution in [3.05, 3.63) is 0 Å². The van der Waals surface area contributed by atoms with Crippen LogP contribution in [-0.2, 0) is 4.79 Å². The van der Waals surface area contributed by atoms with Crippen LogP contribution in [0.2, 0.25) is 0 Å². The molecule has 1 fully saturated rings. The monoisotopic (exact) mass is 325 g/mol. The molecule has 1 aliphatic rings. The van der Waals surface area contributed by atoms with Gasteiger partial charge >= 0.3 is 0 Å². The van der Waals surface area contributed by atoms with Gasteiger partial charge in [-0.3, -0.25) is 14.7 Å². The maximum atomic E-state index is 12.2. The van der Waals surface area contributed by atoms with Crippen LogP contribution in [0.3, 0.4) is 0 Å². The van der Waals surface area contributed by atoms with Crippen LogP contribution in [0.1, 0.15) is 40.0 Å². The molecule has 2 atom stereocenters. The van der Waals surface area contributed by atoms with Crippen molar-refractivity contribution in [2.24, 2.45) is 10.9 Å². The molecule has 6 nitrogen and oxygen atoms in total. The fourth-order valence-electron chi connectivity index (χ4n) is 2.74. The van der Waals surface area contributed by atoms with Crippen molar-refractivity contribution >= 4 is 11.9 Å². The largest absolute Gasteiger partial charge is 0.356 e. The molecule has 23 heavy (non-hydrogen) atoms. The van der Waals surface area contributed by atoms with Gasteiger partial charge < -0.3 is 15.5 Å². The van der Waals surface area contributed by atoms with Crippen LogP contribution in [-0.4, -0.2) is 74.5 Å². The topological polar surface area (TPSA) is 60.0 Å². The van der Waals surface area contributed by atoms with Gasteiger partial charge in [-0.2, -0.15) is 0 Å². The molecule has 1 amide bonds. The molecule has 2 N–H and O–H groups in total. The minimum Gasteiger partial charge on any atom is -0.356 e. The van der Waals surface area contributed by atoms with Crippen LogP contribution in [0.4, 0.5) is 0 Å². The third-order valence-electron chi connectivity index (χ3n) is 4.59. The first-order valence-corrected chi connectivity index (χ1v) is 8.79. The van der Waals surface area contributed by atoms with Crippen LogP contribution in [0.15, 0.2) is 4.99 Å². The number of rotatable bonds is 7. The maximum Gasteiger partial charge on any atom is 0.239 e. The number of nitrogens with one attached hydrogen (secondary N) is 2. The van der Waals surface area contributed by atoms with E-state index >= 15 is 0 Å². The van der Waals surface area contributed by atoms with Crippen molar-refractivity contribution in [1.29, 1.82) is 0 Å². The molecule has 0 aromatic heterocycles. The van der Waals surface area contributed by atoms with Gasteiger partial charge in [0.2, 0.25) is 5.91 Å². The zero-order valence-corrected chi connectivity index (χ0v) is 15.7. The van der Waals surface area contributed by atoms with Crippen molar-refractivity contribution in [2.45, 2.75) is 52.1 Å². The Kier molecular flexibility index (Phi) is 8.37. The third-order valence-corrected chi connectivity index (χ3v) is 4.59. The first-order chi connectivity index (χ1) is 10.9. The van der Waals surface area contributed by atoms with Gasteiger partial charge in [-0.05, 0) is 38.6 Å². The maximum absolute atomic E-state index is 12.2. The standard InChI is InChI=1S/C17H35N5O/c1-13(2)14(3)20-17(18-4)19-10-8-12-22-11-7-9-15(22)16(23)21(5)6/h13-15H,7-12H2,1-6H3,(H2,18,19,20). The summed E-state index contributed by atoms with van der Waals surface area (Å²) in [5.74, 6) is 1.66. The van der Waals surface area contributed by atoms with E-state index in [-0.39, 0.29) is 11.9 Å². The highest BCUT2D eigenvalue weighted by Crippen LogP contribution is 2.18. The van der Waals surface area contributed by atoms with E-state index in [9.17, 15) is 4.79 Å². The minimum absolute atomic E-state index is 0.0726. The van der Waals surface area contributed by atoms with E-state index in [0.717, 1.165) is 44.9 Å². The molecule has 0 bridgehead atoms. The van der Waals surface area contributed by atoms with Crippen LogP contribution in [0.25, 0.3) is 0 Å². The molecule has 1 aliphatic heterocycles. The summed E-state index contributed by atoms with van der Waals surface area (Å²) in [5, 5.41) is 6.76. The van der Waals surface area contributed by atoms with Gasteiger partial charge in [0.1, 0.15) is 0 Å². The lowest BCUT2D eigenvalue weighted by atomic mass is 10.1. The molecule has 1 heterocycles. The average molecular weight is 326 g/mol. The highest BCUT2D eigenvalue weighted by Gasteiger charge is 2.30. The van der Waals surface area contributed by atoms with E-state index in [2.05, 4.69) is 41.3 Å². The number of aliphatic imine (C=N–C) groups is 1. The number of likely N-dealkylation sites (tertiary alicyclic amines) is 1. The summed E-state index contributed by atoms with van der Waals surface area (Å²) in [5.41, 5.74) is 0. The Bertz CT molecular complexity index is 394. The minimum atomic E-state index is 0.0726. The smallest absolute Gasteiger partial charge is 0.239 e. The molecule has 0 aromatic rings. The third kappa shape index (κ3) is 6.37. The summed E-state index contributed by atoms with van der Waals surface area (Å²) in [7, 11) is 5.48. The fraction of sp³-hybridized carbons (Fsp3) is 0.882. The highest BCUT2D eigenvalue weighted by molar-refractivity contribution is 5.81. The Labute approximate surface area is 141 Å². The molecule has 0 aromatic carbocycles. The fourth-order valence-corrected chi connectivity index (χ4v) is 2.74. The van der Waals surface area contributed by atoms with E-state index in [4.69, 9.17) is 0 Å². The average Bonchev–Trinajstić information content (AvgIpc) is 2.97. The predicted octanol–water partition coefficient (Wildman–Crippen LogP) is 1.14. The quantitative estimate of drug-likeness (QED) is 0.419. The van der Waals surface area contributed by atoms with E-state index in [1.165, 1.54) is 0 Å². The van der Waals surface area contributed by atoms with Gasteiger partial charge in [-0.1, -0.05) is 13.8 Å². The van der Waals surface area contributed by atoms with Gasteiger partial charge in [0.25, 0.3) is 0 Å². The van der Waals surface area contributed by atoms with Gasteiger partial charge in [-0.15, -0.1) is 0 Å². The predicted molar refractivity (Wildman–Crippen MR) is 96.7 cm³/mol. The number of likely N-dealkylation sites (N-methyl/N-ethyl adjacent to an activating group) is 1. The van der Waals surface area contributed by atoms with Crippen LogP contribution < -0.4 is 10.6 Å². The van der Waals surface area contributed by atoms with Crippen LogP contribution >= 0.6 is 0 Å². The van der Waals surface area contributed by atoms with Crippen LogP contribution in [0.5, 0.6) is 0 Å². The molecule has 0 spiro atoms. The normalized spacial score (nSPS) is 20.7. The van der Waals surface area contributed by atoms with Gasteiger partial charge in [0.05, 0.1) is 6.04 Å². The van der Waals surface area contributed by atoms with E-state index in [1.807, 2.05) is 14.1 Å². The van der Waals surface area contributed by atoms with Gasteiger partial charge in [0.15, 0.2) is 5.96 Å². The summed E-state index contributed by atoms with van der Waals surface area (Å²) in [6.07, 6.45) is 3.11. The molecule has 0 saturated carbocycles. The highest BCUT2D eigenvalue weighted by atomic mass is 16.2. The van der Waals surface area contributed by atoms with Gasteiger partial charge in [0, 0.05) is 40.3 Å². The Morgan fingerprint density at radius 2 is 2.04 bits per heavy atom. The lowest BCUT2D eigenvalue weighted by Crippen LogP contribution is -2.46. The summed E-state index contributed by atoms with van der Waals surface area (Å²) < 4.78 is 0. The molecular formula is C17H35N5O. The molecule has 1 rings (SSSR count). The zero-order valence-electron chi connectivity index (χ0n) is 15.7. The lowest BCUT2D eigenvalue weighted by Gasteiger charge is -2.26. The zero-order chi connectivity index (χ0) is 17.4. The molecule has 0 radical (unpaired) electrons. The van der Waals surface area contributed by atoms with E-state index in [1.54, 1.807) is 11.9 Å². The summed E-state index contributed by atoms with van der Waals surface area (Å²) in [6.45, 7) is 9.40. The molecular weight excluding hydrogens is 290 g/mol. The van der Waals surface area contributed by atoms with Crippen molar-refractivity contribution < 1.29 is 4.79 Å². The van der Waals surface area contributed by atoms with Crippen LogP contribution in [0, 0.1) is 5.92 Å². The summed E-state index contributed by atoms with van der Waals surface area (Å²) >= 11 is 0. The number of guanidine groups is 1. The van der Waals surface area contributed by atoms with Crippen molar-refractivity contribution in [1.82, 2.24) is 20.4 Å². The number of carbonyl (C=O) groups is 1. The number of carbonyl (C=O) groups excluding carboxylic acids is 1.